The van der Waals surface area contributed by atoms with E-state index in [4.69, 9.17) is 9.47 Å². The van der Waals surface area contributed by atoms with Gasteiger partial charge >= 0.3 is 5.97 Å². The van der Waals surface area contributed by atoms with Crippen LogP contribution in [0.15, 0.2) is 12.1 Å². The standard InChI is InChI=1S/C23H36O3S2/c1-3-5-7-9-10-11-12-14-16-26-23(24)21-17-19-20(27-21)18-22(28-19)25-15-13-8-6-4-2/h17-18H,3-16H2,1-2H3. The Morgan fingerprint density at radius 3 is 2.00 bits per heavy atom. The van der Waals surface area contributed by atoms with E-state index >= 15 is 0 Å². The Balaban J connectivity index is 1.62. The van der Waals surface area contributed by atoms with Gasteiger partial charge in [0.15, 0.2) is 5.06 Å². The van der Waals surface area contributed by atoms with Crippen molar-refractivity contribution in [2.45, 2.75) is 90.9 Å². The Hall–Kier alpha value is -1.07. The first kappa shape index (κ1) is 23.2. The molecule has 158 valence electrons. The van der Waals surface area contributed by atoms with Crippen molar-refractivity contribution in [2.75, 3.05) is 13.2 Å². The summed E-state index contributed by atoms with van der Waals surface area (Å²) in [5, 5.41) is 0.955. The summed E-state index contributed by atoms with van der Waals surface area (Å²) in [6.07, 6.45) is 14.9. The van der Waals surface area contributed by atoms with Gasteiger partial charge in [0.05, 0.1) is 13.2 Å². The lowest BCUT2D eigenvalue weighted by Gasteiger charge is -2.04. The van der Waals surface area contributed by atoms with Crippen LogP contribution in [0.3, 0.4) is 0 Å². The van der Waals surface area contributed by atoms with Gasteiger partial charge in [0.1, 0.15) is 4.88 Å². The average Bonchev–Trinajstić information content (AvgIpc) is 3.25. The highest BCUT2D eigenvalue weighted by atomic mass is 32.1. The van der Waals surface area contributed by atoms with E-state index in [1.165, 1.54) is 69.1 Å². The molecular formula is C23H36O3S2. The van der Waals surface area contributed by atoms with Crippen molar-refractivity contribution in [3.63, 3.8) is 0 Å². The molecule has 0 atom stereocenters. The molecule has 2 aromatic heterocycles. The van der Waals surface area contributed by atoms with E-state index < -0.39 is 0 Å². The molecule has 5 heteroatoms. The summed E-state index contributed by atoms with van der Waals surface area (Å²) in [5.74, 6) is -0.182. The molecule has 0 aliphatic carbocycles. The number of fused-ring (bicyclic) bond motifs is 1. The minimum absolute atomic E-state index is 0.182. The molecule has 0 aromatic carbocycles. The maximum absolute atomic E-state index is 12.2. The highest BCUT2D eigenvalue weighted by Crippen LogP contribution is 2.37. The normalized spacial score (nSPS) is 11.2. The number of thiophene rings is 2. The summed E-state index contributed by atoms with van der Waals surface area (Å²) in [6, 6.07) is 4.00. The van der Waals surface area contributed by atoms with Crippen LogP contribution in [0.1, 0.15) is 101 Å². The van der Waals surface area contributed by atoms with E-state index in [0.29, 0.717) is 11.5 Å². The number of rotatable bonds is 16. The van der Waals surface area contributed by atoms with E-state index in [-0.39, 0.29) is 5.97 Å². The molecule has 2 rings (SSSR count). The largest absolute Gasteiger partial charge is 0.484 e. The Labute approximate surface area is 178 Å². The minimum atomic E-state index is -0.182. The quantitative estimate of drug-likeness (QED) is 0.201. The highest BCUT2D eigenvalue weighted by molar-refractivity contribution is 7.29. The second kappa shape index (κ2) is 14.0. The van der Waals surface area contributed by atoms with Gasteiger partial charge in [0.2, 0.25) is 0 Å². The molecule has 0 amide bonds. The van der Waals surface area contributed by atoms with Gasteiger partial charge in [-0.15, -0.1) is 11.3 Å². The molecule has 0 fully saturated rings. The minimum Gasteiger partial charge on any atom is -0.484 e. The summed E-state index contributed by atoms with van der Waals surface area (Å²) in [5.41, 5.74) is 0. The predicted octanol–water partition coefficient (Wildman–Crippen LogP) is 8.22. The van der Waals surface area contributed by atoms with Crippen molar-refractivity contribution in [1.82, 2.24) is 0 Å². The molecule has 3 nitrogen and oxygen atoms in total. The van der Waals surface area contributed by atoms with Crippen LogP contribution in [0, 0.1) is 0 Å². The molecule has 0 bridgehead atoms. The fourth-order valence-corrected chi connectivity index (χ4v) is 5.31. The zero-order valence-electron chi connectivity index (χ0n) is 17.6. The fourth-order valence-electron chi connectivity index (χ4n) is 3.16. The van der Waals surface area contributed by atoms with E-state index in [2.05, 4.69) is 19.9 Å². The van der Waals surface area contributed by atoms with Crippen molar-refractivity contribution < 1.29 is 14.3 Å². The highest BCUT2D eigenvalue weighted by Gasteiger charge is 2.14. The second-order valence-electron chi connectivity index (χ2n) is 7.42. The molecule has 0 spiro atoms. The number of hydrogen-bond donors (Lipinski definition) is 0. The van der Waals surface area contributed by atoms with Gasteiger partial charge in [-0.1, -0.05) is 89.4 Å². The number of hydrogen-bond acceptors (Lipinski definition) is 5. The molecule has 0 saturated heterocycles. The lowest BCUT2D eigenvalue weighted by Crippen LogP contribution is -2.04. The first-order valence-electron chi connectivity index (χ1n) is 11.1. The number of unbranched alkanes of at least 4 members (excludes halogenated alkanes) is 10. The average molecular weight is 425 g/mol. The van der Waals surface area contributed by atoms with Crippen molar-refractivity contribution in [1.29, 1.82) is 0 Å². The number of carbonyl (C=O) groups excluding carboxylic acids is 1. The summed E-state index contributed by atoms with van der Waals surface area (Å²) < 4.78 is 13.5. The predicted molar refractivity (Wildman–Crippen MR) is 122 cm³/mol. The Morgan fingerprint density at radius 1 is 0.750 bits per heavy atom. The number of ether oxygens (including phenoxy) is 2. The van der Waals surface area contributed by atoms with Crippen molar-refractivity contribution >= 4 is 38.0 Å². The Morgan fingerprint density at radius 2 is 1.32 bits per heavy atom. The summed E-state index contributed by atoms with van der Waals surface area (Å²) in [4.78, 5) is 12.9. The Kier molecular flexibility index (Phi) is 11.6. The number of esters is 1. The molecule has 2 aromatic rings. The molecule has 0 radical (unpaired) electrons. The SMILES string of the molecule is CCCCCCCCCCOC(=O)c1cc2sc(OCCCCCC)cc2s1. The third kappa shape index (κ3) is 8.52. The van der Waals surface area contributed by atoms with Gasteiger partial charge in [-0.05, 0) is 18.9 Å². The molecule has 0 unspecified atom stereocenters. The maximum Gasteiger partial charge on any atom is 0.348 e. The second-order valence-corrected chi connectivity index (χ2v) is 9.55. The van der Waals surface area contributed by atoms with E-state index in [9.17, 15) is 4.79 Å². The molecule has 0 saturated carbocycles. The molecular weight excluding hydrogens is 388 g/mol. The third-order valence-electron chi connectivity index (χ3n) is 4.86. The van der Waals surface area contributed by atoms with E-state index in [0.717, 1.165) is 40.3 Å². The molecule has 2 heterocycles. The zero-order valence-corrected chi connectivity index (χ0v) is 19.2. The van der Waals surface area contributed by atoms with Crippen LogP contribution in [0.4, 0.5) is 0 Å². The van der Waals surface area contributed by atoms with Crippen molar-refractivity contribution in [2.24, 2.45) is 0 Å². The smallest absolute Gasteiger partial charge is 0.348 e. The molecule has 28 heavy (non-hydrogen) atoms. The maximum atomic E-state index is 12.2. The van der Waals surface area contributed by atoms with Gasteiger partial charge < -0.3 is 9.47 Å². The Bertz CT molecular complexity index is 643. The van der Waals surface area contributed by atoms with Gasteiger partial charge in [-0.3, -0.25) is 0 Å². The van der Waals surface area contributed by atoms with Crippen LogP contribution < -0.4 is 4.74 Å². The fraction of sp³-hybridized carbons (Fsp3) is 0.696. The molecule has 0 aliphatic heterocycles. The van der Waals surface area contributed by atoms with Crippen LogP contribution >= 0.6 is 22.7 Å². The monoisotopic (exact) mass is 424 g/mol. The van der Waals surface area contributed by atoms with Crippen molar-refractivity contribution in [3.05, 3.63) is 17.0 Å². The van der Waals surface area contributed by atoms with Crippen LogP contribution in [0.2, 0.25) is 0 Å². The van der Waals surface area contributed by atoms with Crippen LogP contribution in [-0.2, 0) is 4.74 Å². The topological polar surface area (TPSA) is 35.5 Å². The molecule has 0 N–H and O–H groups in total. The van der Waals surface area contributed by atoms with Gasteiger partial charge in [0, 0.05) is 15.5 Å². The number of carbonyl (C=O) groups is 1. The third-order valence-corrected chi connectivity index (χ3v) is 7.04. The summed E-state index contributed by atoms with van der Waals surface area (Å²) >= 11 is 3.13. The van der Waals surface area contributed by atoms with E-state index in [1.54, 1.807) is 11.3 Å². The van der Waals surface area contributed by atoms with Gasteiger partial charge in [-0.2, -0.15) is 0 Å². The first-order valence-corrected chi connectivity index (χ1v) is 12.7. The summed E-state index contributed by atoms with van der Waals surface area (Å²) in [7, 11) is 0. The summed E-state index contributed by atoms with van der Waals surface area (Å²) in [6.45, 7) is 5.77. The zero-order chi connectivity index (χ0) is 20.0. The van der Waals surface area contributed by atoms with Crippen LogP contribution in [-0.4, -0.2) is 19.2 Å². The van der Waals surface area contributed by atoms with Crippen molar-refractivity contribution in [3.8, 4) is 5.06 Å². The van der Waals surface area contributed by atoms with Crippen LogP contribution in [0.25, 0.3) is 9.40 Å². The molecule has 0 aliphatic rings. The first-order chi connectivity index (χ1) is 13.7. The van der Waals surface area contributed by atoms with Gasteiger partial charge in [0.25, 0.3) is 0 Å². The van der Waals surface area contributed by atoms with Gasteiger partial charge in [-0.25, -0.2) is 4.79 Å². The lowest BCUT2D eigenvalue weighted by molar-refractivity contribution is 0.0503. The lowest BCUT2D eigenvalue weighted by atomic mass is 10.1. The van der Waals surface area contributed by atoms with Crippen LogP contribution in [0.5, 0.6) is 5.06 Å². The van der Waals surface area contributed by atoms with E-state index in [1.807, 2.05) is 6.07 Å².